The smallest absolute Gasteiger partial charge is 0.338 e. The van der Waals surface area contributed by atoms with Crippen LogP contribution in [-0.2, 0) is 0 Å². The number of rotatable bonds is 4. The molecule has 2 aromatic rings. The van der Waals surface area contributed by atoms with Crippen molar-refractivity contribution in [2.75, 3.05) is 0 Å². The van der Waals surface area contributed by atoms with E-state index < -0.39 is 11.9 Å². The molecule has 0 spiro atoms. The van der Waals surface area contributed by atoms with Gasteiger partial charge in [-0.05, 0) is 24.6 Å². The van der Waals surface area contributed by atoms with Crippen LogP contribution in [0.25, 0.3) is 0 Å². The van der Waals surface area contributed by atoms with Gasteiger partial charge < -0.3 is 10.4 Å². The van der Waals surface area contributed by atoms with Crippen LogP contribution >= 0.6 is 0 Å². The molecule has 0 fully saturated rings. The standard InChI is InChI=1S/C15H14N2O3/c1-10(11-6-3-2-4-7-11)17-14(18)13-12(15(19)20)8-5-9-16-13/h2-10H,1H3,(H,17,18)(H,19,20)/t10-/m1/s1. The molecule has 0 unspecified atom stereocenters. The van der Waals surface area contributed by atoms with Gasteiger partial charge in [0.1, 0.15) is 5.69 Å². The predicted octanol–water partition coefficient (Wildman–Crippen LogP) is 2.27. The van der Waals surface area contributed by atoms with E-state index in [1.807, 2.05) is 37.3 Å². The van der Waals surface area contributed by atoms with Gasteiger partial charge in [0.2, 0.25) is 0 Å². The van der Waals surface area contributed by atoms with Gasteiger partial charge in [0.25, 0.3) is 5.91 Å². The van der Waals surface area contributed by atoms with Crippen LogP contribution in [0.5, 0.6) is 0 Å². The van der Waals surface area contributed by atoms with Crippen molar-refractivity contribution in [1.29, 1.82) is 0 Å². The number of benzene rings is 1. The Labute approximate surface area is 116 Å². The zero-order chi connectivity index (χ0) is 14.5. The van der Waals surface area contributed by atoms with Gasteiger partial charge in [-0.1, -0.05) is 30.3 Å². The van der Waals surface area contributed by atoms with Gasteiger partial charge in [-0.2, -0.15) is 0 Å². The molecule has 0 bridgehead atoms. The quantitative estimate of drug-likeness (QED) is 0.893. The lowest BCUT2D eigenvalue weighted by Gasteiger charge is -2.14. The van der Waals surface area contributed by atoms with Crippen LogP contribution in [0.2, 0.25) is 0 Å². The van der Waals surface area contributed by atoms with Crippen molar-refractivity contribution in [3.63, 3.8) is 0 Å². The largest absolute Gasteiger partial charge is 0.478 e. The van der Waals surface area contributed by atoms with Crippen LogP contribution < -0.4 is 5.32 Å². The molecule has 0 saturated carbocycles. The second-order valence-corrected chi connectivity index (χ2v) is 4.31. The second-order valence-electron chi connectivity index (χ2n) is 4.31. The van der Waals surface area contributed by atoms with E-state index in [0.29, 0.717) is 0 Å². The summed E-state index contributed by atoms with van der Waals surface area (Å²) in [5.74, 6) is -1.67. The Hall–Kier alpha value is -2.69. The van der Waals surface area contributed by atoms with Crippen LogP contribution in [0.3, 0.4) is 0 Å². The SMILES string of the molecule is C[C@@H](NC(=O)c1ncccc1C(=O)O)c1ccccc1. The molecular formula is C15H14N2O3. The monoisotopic (exact) mass is 270 g/mol. The van der Waals surface area contributed by atoms with Gasteiger partial charge in [-0.15, -0.1) is 0 Å². The maximum atomic E-state index is 12.1. The van der Waals surface area contributed by atoms with Gasteiger partial charge in [0.15, 0.2) is 0 Å². The molecule has 102 valence electrons. The van der Waals surface area contributed by atoms with E-state index in [1.54, 1.807) is 0 Å². The Bertz CT molecular complexity index is 626. The molecule has 0 radical (unpaired) electrons. The van der Waals surface area contributed by atoms with Crippen molar-refractivity contribution >= 4 is 11.9 Å². The van der Waals surface area contributed by atoms with E-state index in [2.05, 4.69) is 10.3 Å². The lowest BCUT2D eigenvalue weighted by molar-refractivity contribution is 0.0689. The molecule has 0 aliphatic carbocycles. The minimum atomic E-state index is -1.17. The third-order valence-corrected chi connectivity index (χ3v) is 2.90. The van der Waals surface area contributed by atoms with Gasteiger partial charge in [0.05, 0.1) is 11.6 Å². The summed E-state index contributed by atoms with van der Waals surface area (Å²) >= 11 is 0. The van der Waals surface area contributed by atoms with Crippen LogP contribution in [0.4, 0.5) is 0 Å². The molecular weight excluding hydrogens is 256 g/mol. The molecule has 0 saturated heterocycles. The number of nitrogens with one attached hydrogen (secondary N) is 1. The summed E-state index contributed by atoms with van der Waals surface area (Å²) < 4.78 is 0. The summed E-state index contributed by atoms with van der Waals surface area (Å²) in [6, 6.07) is 12.0. The van der Waals surface area contributed by atoms with Gasteiger partial charge >= 0.3 is 5.97 Å². The number of aromatic carboxylic acids is 1. The van der Waals surface area contributed by atoms with Gasteiger partial charge in [-0.3, -0.25) is 9.78 Å². The summed E-state index contributed by atoms with van der Waals surface area (Å²) in [7, 11) is 0. The maximum absolute atomic E-state index is 12.1. The minimum absolute atomic E-state index is 0.0808. The first-order valence-corrected chi connectivity index (χ1v) is 6.13. The van der Waals surface area contributed by atoms with Crippen molar-refractivity contribution in [1.82, 2.24) is 10.3 Å². The fraction of sp³-hybridized carbons (Fsp3) is 0.133. The van der Waals surface area contributed by atoms with Crippen LogP contribution in [-0.4, -0.2) is 22.0 Å². The van der Waals surface area contributed by atoms with Crippen molar-refractivity contribution in [3.05, 3.63) is 65.5 Å². The molecule has 2 rings (SSSR count). The lowest BCUT2D eigenvalue weighted by atomic mass is 10.1. The first kappa shape index (κ1) is 13.7. The summed E-state index contributed by atoms with van der Waals surface area (Å²) in [5.41, 5.74) is 0.752. The van der Waals surface area contributed by atoms with E-state index in [4.69, 9.17) is 5.11 Å². The molecule has 1 aromatic heterocycles. The number of pyridine rings is 1. The average molecular weight is 270 g/mol. The number of aromatic nitrogens is 1. The van der Waals surface area contributed by atoms with Crippen LogP contribution in [0.15, 0.2) is 48.7 Å². The van der Waals surface area contributed by atoms with E-state index >= 15 is 0 Å². The molecule has 0 aliphatic heterocycles. The second kappa shape index (κ2) is 5.97. The van der Waals surface area contributed by atoms with E-state index in [-0.39, 0.29) is 17.3 Å². The third-order valence-electron chi connectivity index (χ3n) is 2.90. The average Bonchev–Trinajstić information content (AvgIpc) is 2.48. The summed E-state index contributed by atoms with van der Waals surface area (Å²) in [6.07, 6.45) is 1.40. The molecule has 5 nitrogen and oxygen atoms in total. The first-order chi connectivity index (χ1) is 9.59. The highest BCUT2D eigenvalue weighted by molar-refractivity contribution is 6.03. The fourth-order valence-corrected chi connectivity index (χ4v) is 1.85. The molecule has 0 aliphatic rings. The molecule has 1 aromatic carbocycles. The Morgan fingerprint density at radius 3 is 2.50 bits per heavy atom. The summed E-state index contributed by atoms with van der Waals surface area (Å²) in [5, 5.41) is 11.8. The molecule has 2 N–H and O–H groups in total. The minimum Gasteiger partial charge on any atom is -0.478 e. The van der Waals surface area contributed by atoms with Crippen molar-refractivity contribution in [2.45, 2.75) is 13.0 Å². The van der Waals surface area contributed by atoms with Crippen molar-refractivity contribution in [3.8, 4) is 0 Å². The number of nitrogens with zero attached hydrogens (tertiary/aromatic N) is 1. The first-order valence-electron chi connectivity index (χ1n) is 6.13. The highest BCUT2D eigenvalue weighted by Crippen LogP contribution is 2.13. The van der Waals surface area contributed by atoms with Crippen LogP contribution in [0, 0.1) is 0 Å². The number of carboxylic acids is 1. The Morgan fingerprint density at radius 2 is 1.85 bits per heavy atom. The number of amides is 1. The van der Waals surface area contributed by atoms with E-state index in [0.717, 1.165) is 5.56 Å². The topological polar surface area (TPSA) is 79.3 Å². The predicted molar refractivity (Wildman–Crippen MR) is 73.5 cm³/mol. The number of hydrogen-bond acceptors (Lipinski definition) is 3. The third kappa shape index (κ3) is 3.00. The molecule has 1 heterocycles. The molecule has 1 amide bonds. The number of carbonyl (C=O) groups is 2. The fourth-order valence-electron chi connectivity index (χ4n) is 1.85. The normalized spacial score (nSPS) is 11.7. The van der Waals surface area contributed by atoms with E-state index in [9.17, 15) is 9.59 Å². The zero-order valence-electron chi connectivity index (χ0n) is 10.9. The van der Waals surface area contributed by atoms with E-state index in [1.165, 1.54) is 18.3 Å². The Morgan fingerprint density at radius 1 is 1.15 bits per heavy atom. The summed E-state index contributed by atoms with van der Waals surface area (Å²) in [6.45, 7) is 1.83. The number of hydrogen-bond donors (Lipinski definition) is 2. The maximum Gasteiger partial charge on any atom is 0.338 e. The van der Waals surface area contributed by atoms with Gasteiger partial charge in [0, 0.05) is 6.20 Å². The highest BCUT2D eigenvalue weighted by atomic mass is 16.4. The molecule has 5 heteroatoms. The molecule has 20 heavy (non-hydrogen) atoms. The molecule has 1 atom stereocenters. The Kier molecular flexibility index (Phi) is 4.10. The Balaban J connectivity index is 2.19. The van der Waals surface area contributed by atoms with Crippen molar-refractivity contribution < 1.29 is 14.7 Å². The number of carboxylic acid groups (broad SMARTS) is 1. The van der Waals surface area contributed by atoms with Crippen LogP contribution in [0.1, 0.15) is 39.4 Å². The lowest BCUT2D eigenvalue weighted by Crippen LogP contribution is -2.29. The van der Waals surface area contributed by atoms with Gasteiger partial charge in [-0.25, -0.2) is 4.79 Å². The highest BCUT2D eigenvalue weighted by Gasteiger charge is 2.19. The number of carbonyl (C=O) groups excluding carboxylic acids is 1. The zero-order valence-corrected chi connectivity index (χ0v) is 10.9. The summed E-state index contributed by atoms with van der Waals surface area (Å²) in [4.78, 5) is 27.0. The van der Waals surface area contributed by atoms with Crippen molar-refractivity contribution in [2.24, 2.45) is 0 Å².